The average Bonchev–Trinajstić information content (AvgIpc) is 2.44. The van der Waals surface area contributed by atoms with Crippen LogP contribution in [-0.4, -0.2) is 29.3 Å². The number of carbonyl (C=O) groups excluding carboxylic acids is 1. The third kappa shape index (κ3) is 8.31. The number of ether oxygens (including phenoxy) is 1. The molecule has 0 fully saturated rings. The fourth-order valence-corrected chi connectivity index (χ4v) is 1.90. The molecule has 0 bridgehead atoms. The zero-order valence-electron chi connectivity index (χ0n) is 14.3. The summed E-state index contributed by atoms with van der Waals surface area (Å²) in [6.07, 6.45) is 3.77. The van der Waals surface area contributed by atoms with Crippen LogP contribution >= 0.6 is 0 Å². The predicted molar refractivity (Wildman–Crippen MR) is 90.2 cm³/mol. The van der Waals surface area contributed by atoms with Crippen LogP contribution in [0.4, 0.5) is 9.18 Å². The van der Waals surface area contributed by atoms with Crippen molar-refractivity contribution in [2.75, 3.05) is 6.54 Å². The molecule has 0 atom stereocenters. The molecule has 24 heavy (non-hydrogen) atoms. The molecule has 0 aromatic heterocycles. The Labute approximate surface area is 141 Å². The second kappa shape index (κ2) is 9.05. The van der Waals surface area contributed by atoms with E-state index >= 15 is 0 Å². The second-order valence-electron chi connectivity index (χ2n) is 6.36. The van der Waals surface area contributed by atoms with E-state index in [1.54, 1.807) is 39.0 Å². The molecule has 1 aromatic rings. The van der Waals surface area contributed by atoms with Gasteiger partial charge in [0.2, 0.25) is 0 Å². The number of hydrogen-bond acceptors (Lipinski definition) is 3. The Bertz CT molecular complexity index is 606. The number of nitrogens with one attached hydrogen (secondary N) is 1. The summed E-state index contributed by atoms with van der Waals surface area (Å²) in [5.74, 6) is -1.36. The summed E-state index contributed by atoms with van der Waals surface area (Å²) < 4.78 is 18.9. The van der Waals surface area contributed by atoms with Crippen molar-refractivity contribution in [2.24, 2.45) is 0 Å². The van der Waals surface area contributed by atoms with E-state index in [9.17, 15) is 14.0 Å². The molecule has 6 heteroatoms. The van der Waals surface area contributed by atoms with Crippen molar-refractivity contribution in [3.63, 3.8) is 0 Å². The molecule has 1 aromatic carbocycles. The Balaban J connectivity index is 2.41. The Kier molecular flexibility index (Phi) is 7.42. The number of benzene rings is 1. The van der Waals surface area contributed by atoms with E-state index in [-0.39, 0.29) is 12.8 Å². The maximum absolute atomic E-state index is 13.8. The molecule has 1 amide bonds. The highest BCUT2D eigenvalue weighted by molar-refractivity contribution is 5.67. The number of alkyl carbamates (subject to hydrolysis) is 1. The fourth-order valence-electron chi connectivity index (χ4n) is 1.90. The van der Waals surface area contributed by atoms with Gasteiger partial charge < -0.3 is 15.2 Å². The summed E-state index contributed by atoms with van der Waals surface area (Å²) in [4.78, 5) is 21.9. The molecular formula is C18H24FNO4. The van der Waals surface area contributed by atoms with Crippen LogP contribution in [0.15, 0.2) is 24.3 Å². The van der Waals surface area contributed by atoms with Crippen molar-refractivity contribution in [3.05, 3.63) is 41.2 Å². The van der Waals surface area contributed by atoms with Gasteiger partial charge in [-0.3, -0.25) is 4.79 Å². The molecule has 0 aliphatic carbocycles. The highest BCUT2D eigenvalue weighted by Gasteiger charge is 2.15. The van der Waals surface area contributed by atoms with Crippen molar-refractivity contribution in [1.82, 2.24) is 5.32 Å². The lowest BCUT2D eigenvalue weighted by Crippen LogP contribution is -2.32. The Hall–Kier alpha value is -2.37. The van der Waals surface area contributed by atoms with Gasteiger partial charge >= 0.3 is 12.1 Å². The number of carboxylic acid groups (broad SMARTS) is 1. The van der Waals surface area contributed by atoms with Gasteiger partial charge in [-0.2, -0.15) is 0 Å². The van der Waals surface area contributed by atoms with E-state index in [4.69, 9.17) is 9.84 Å². The van der Waals surface area contributed by atoms with E-state index in [1.165, 1.54) is 6.07 Å². The monoisotopic (exact) mass is 337 g/mol. The first kappa shape index (κ1) is 19.7. The van der Waals surface area contributed by atoms with Gasteiger partial charge in [-0.05, 0) is 50.8 Å². The van der Waals surface area contributed by atoms with E-state index in [2.05, 4.69) is 5.32 Å². The summed E-state index contributed by atoms with van der Waals surface area (Å²) in [5, 5.41) is 11.2. The number of amides is 1. The molecule has 0 saturated heterocycles. The lowest BCUT2D eigenvalue weighted by atomic mass is 10.1. The number of halogens is 1. The van der Waals surface area contributed by atoms with Gasteiger partial charge in [0.15, 0.2) is 0 Å². The van der Waals surface area contributed by atoms with Gasteiger partial charge in [0, 0.05) is 13.0 Å². The third-order valence-corrected chi connectivity index (χ3v) is 2.97. The van der Waals surface area contributed by atoms with Gasteiger partial charge in [0.1, 0.15) is 11.4 Å². The van der Waals surface area contributed by atoms with E-state index in [0.717, 1.165) is 0 Å². The maximum atomic E-state index is 13.8. The minimum atomic E-state index is -0.948. The first-order chi connectivity index (χ1) is 11.2. The molecule has 0 heterocycles. The third-order valence-electron chi connectivity index (χ3n) is 2.97. The number of hydrogen-bond donors (Lipinski definition) is 2. The number of carbonyl (C=O) groups is 2. The van der Waals surface area contributed by atoms with Crippen molar-refractivity contribution in [1.29, 1.82) is 0 Å². The smallest absolute Gasteiger partial charge is 0.407 e. The highest BCUT2D eigenvalue weighted by atomic mass is 19.1. The zero-order chi connectivity index (χ0) is 18.2. The average molecular weight is 337 g/mol. The Morgan fingerprint density at radius 1 is 1.33 bits per heavy atom. The van der Waals surface area contributed by atoms with Gasteiger partial charge in [-0.1, -0.05) is 24.3 Å². The summed E-state index contributed by atoms with van der Waals surface area (Å²) in [6, 6.07) is 4.70. The Morgan fingerprint density at radius 3 is 2.62 bits per heavy atom. The molecule has 0 unspecified atom stereocenters. The molecule has 1 rings (SSSR count). The highest BCUT2D eigenvalue weighted by Crippen LogP contribution is 2.14. The first-order valence-electron chi connectivity index (χ1n) is 7.81. The van der Waals surface area contributed by atoms with Crippen LogP contribution in [0.3, 0.4) is 0 Å². The summed E-state index contributed by atoms with van der Waals surface area (Å²) in [5.41, 5.74) is 0.546. The summed E-state index contributed by atoms with van der Waals surface area (Å²) >= 11 is 0. The normalized spacial score (nSPS) is 11.5. The van der Waals surface area contributed by atoms with Crippen LogP contribution in [0.2, 0.25) is 0 Å². The number of aliphatic carboxylic acids is 1. The minimum Gasteiger partial charge on any atom is -0.481 e. The standard InChI is InChI=1S/C18H24FNO4/c1-18(2,3)24-17(23)20-11-5-4-6-13-7-8-14(15(19)12-13)9-10-16(21)22/h4,6-8,12H,5,9-11H2,1-3H3,(H,20,23)(H,21,22). The first-order valence-corrected chi connectivity index (χ1v) is 7.81. The van der Waals surface area contributed by atoms with Crippen molar-refractivity contribution in [2.45, 2.75) is 45.6 Å². The minimum absolute atomic E-state index is 0.0948. The van der Waals surface area contributed by atoms with Crippen LogP contribution < -0.4 is 5.32 Å². The van der Waals surface area contributed by atoms with Gasteiger partial charge in [0.05, 0.1) is 0 Å². The molecular weight excluding hydrogens is 313 g/mol. The lowest BCUT2D eigenvalue weighted by molar-refractivity contribution is -0.136. The molecule has 0 saturated carbocycles. The number of aryl methyl sites for hydroxylation is 1. The molecule has 0 aliphatic rings. The predicted octanol–water partition coefficient (Wildman–Crippen LogP) is 3.77. The van der Waals surface area contributed by atoms with Gasteiger partial charge in [-0.15, -0.1) is 0 Å². The number of rotatable bonds is 7. The van der Waals surface area contributed by atoms with Crippen molar-refractivity contribution < 1.29 is 23.8 Å². The quantitative estimate of drug-likeness (QED) is 0.743. The van der Waals surface area contributed by atoms with Crippen molar-refractivity contribution >= 4 is 18.1 Å². The van der Waals surface area contributed by atoms with Crippen molar-refractivity contribution in [3.8, 4) is 0 Å². The van der Waals surface area contributed by atoms with Crippen LogP contribution in [0.25, 0.3) is 6.08 Å². The molecule has 0 radical (unpaired) electrons. The largest absolute Gasteiger partial charge is 0.481 e. The fraction of sp³-hybridized carbons (Fsp3) is 0.444. The Morgan fingerprint density at radius 2 is 2.04 bits per heavy atom. The van der Waals surface area contributed by atoms with E-state index in [1.807, 2.05) is 6.08 Å². The SMILES string of the molecule is CC(C)(C)OC(=O)NCCC=Cc1ccc(CCC(=O)O)c(F)c1. The molecule has 0 spiro atoms. The second-order valence-corrected chi connectivity index (χ2v) is 6.36. The van der Waals surface area contributed by atoms with Gasteiger partial charge in [0.25, 0.3) is 0 Å². The van der Waals surface area contributed by atoms with Crippen LogP contribution in [-0.2, 0) is 16.0 Å². The molecule has 0 aliphatic heterocycles. The molecule has 5 nitrogen and oxygen atoms in total. The van der Waals surface area contributed by atoms with E-state index < -0.39 is 23.5 Å². The zero-order valence-corrected chi connectivity index (χ0v) is 14.3. The summed E-state index contributed by atoms with van der Waals surface area (Å²) in [7, 11) is 0. The van der Waals surface area contributed by atoms with Crippen LogP contribution in [0.5, 0.6) is 0 Å². The topological polar surface area (TPSA) is 75.6 Å². The van der Waals surface area contributed by atoms with Crippen LogP contribution in [0, 0.1) is 5.82 Å². The summed E-state index contributed by atoms with van der Waals surface area (Å²) in [6.45, 7) is 5.80. The lowest BCUT2D eigenvalue weighted by Gasteiger charge is -2.19. The van der Waals surface area contributed by atoms with Crippen LogP contribution in [0.1, 0.15) is 44.7 Å². The number of carboxylic acids is 1. The van der Waals surface area contributed by atoms with E-state index in [0.29, 0.717) is 24.1 Å². The molecule has 2 N–H and O–H groups in total. The van der Waals surface area contributed by atoms with Gasteiger partial charge in [-0.25, -0.2) is 9.18 Å². The maximum Gasteiger partial charge on any atom is 0.407 e. The molecule has 132 valence electrons.